The standard InChI is InChI=1S/C28H31BrClN3O4S/c1-2-12-31-25(35)21-22-27(37)33(17(15-34)13-16-8-4-3-5-9-16)24(28(22)14-18(29)23(21)38-28)26(36)32-20-11-7-6-10-19(20)30/h3-11,17-18,21-24,34H,2,12-15H2,1H3,(H,31,35)(H,32,36)/t17-,18?,21+,22+,23+,24?,28?/m1/s1. The van der Waals surface area contributed by atoms with E-state index < -0.39 is 28.7 Å². The number of para-hydroxylation sites is 1. The van der Waals surface area contributed by atoms with Crippen LogP contribution >= 0.6 is 39.3 Å². The highest BCUT2D eigenvalue weighted by atomic mass is 79.9. The largest absolute Gasteiger partial charge is 0.394 e. The number of nitrogens with one attached hydrogen (secondary N) is 2. The highest BCUT2D eigenvalue weighted by molar-refractivity contribution is 9.09. The zero-order valence-electron chi connectivity index (χ0n) is 21.0. The van der Waals surface area contributed by atoms with E-state index in [-0.39, 0.29) is 34.4 Å². The van der Waals surface area contributed by atoms with Gasteiger partial charge in [0.15, 0.2) is 0 Å². The van der Waals surface area contributed by atoms with Gasteiger partial charge in [0, 0.05) is 16.6 Å². The van der Waals surface area contributed by atoms with E-state index >= 15 is 0 Å². The van der Waals surface area contributed by atoms with E-state index in [0.29, 0.717) is 30.1 Å². The van der Waals surface area contributed by atoms with Crippen LogP contribution in [0, 0.1) is 11.8 Å². The summed E-state index contributed by atoms with van der Waals surface area (Å²) in [6, 6.07) is 15.1. The second-order valence-corrected chi connectivity index (χ2v) is 13.3. The van der Waals surface area contributed by atoms with Crippen molar-refractivity contribution in [3.8, 4) is 0 Å². The molecule has 38 heavy (non-hydrogen) atoms. The molecule has 5 rings (SSSR count). The number of likely N-dealkylation sites (tertiary alicyclic amines) is 1. The van der Waals surface area contributed by atoms with Gasteiger partial charge >= 0.3 is 0 Å². The van der Waals surface area contributed by atoms with Crippen molar-refractivity contribution in [2.45, 2.75) is 53.1 Å². The van der Waals surface area contributed by atoms with Crippen molar-refractivity contribution in [2.24, 2.45) is 11.8 Å². The molecule has 3 saturated heterocycles. The number of carbonyl (C=O) groups excluding carboxylic acids is 3. The van der Waals surface area contributed by atoms with Crippen LogP contribution in [0.5, 0.6) is 0 Å². The van der Waals surface area contributed by atoms with Gasteiger partial charge in [-0.1, -0.05) is 76.9 Å². The summed E-state index contributed by atoms with van der Waals surface area (Å²) in [6.45, 7) is 2.20. The molecule has 0 aliphatic carbocycles. The number of aliphatic hydroxyl groups is 1. The average molecular weight is 621 g/mol. The van der Waals surface area contributed by atoms with Gasteiger partial charge in [-0.15, -0.1) is 11.8 Å². The van der Waals surface area contributed by atoms with Crippen molar-refractivity contribution in [3.63, 3.8) is 0 Å². The number of hydrogen-bond donors (Lipinski definition) is 3. The number of fused-ring (bicyclic) bond motifs is 1. The Kier molecular flexibility index (Phi) is 8.10. The molecule has 7 atom stereocenters. The first kappa shape index (κ1) is 27.5. The molecule has 3 fully saturated rings. The summed E-state index contributed by atoms with van der Waals surface area (Å²) in [5.41, 5.74) is 1.41. The molecule has 3 aliphatic heterocycles. The van der Waals surface area contributed by atoms with Crippen molar-refractivity contribution >= 4 is 62.7 Å². The fourth-order valence-electron chi connectivity index (χ4n) is 6.33. The molecule has 7 nitrogen and oxygen atoms in total. The normalized spacial score (nSPS) is 30.3. The minimum Gasteiger partial charge on any atom is -0.394 e. The number of amides is 3. The lowest BCUT2D eigenvalue weighted by Gasteiger charge is -2.37. The predicted octanol–water partition coefficient (Wildman–Crippen LogP) is 3.87. The molecule has 0 saturated carbocycles. The molecular weight excluding hydrogens is 590 g/mol. The molecule has 3 aliphatic rings. The third-order valence-electron chi connectivity index (χ3n) is 7.88. The van der Waals surface area contributed by atoms with E-state index in [9.17, 15) is 19.5 Å². The smallest absolute Gasteiger partial charge is 0.248 e. The minimum atomic E-state index is -0.879. The summed E-state index contributed by atoms with van der Waals surface area (Å²) in [6.07, 6.45) is 1.74. The first-order valence-corrected chi connectivity index (χ1v) is 15.1. The number of nitrogens with zero attached hydrogens (tertiary/aromatic N) is 1. The highest BCUT2D eigenvalue weighted by Gasteiger charge is 2.76. The molecule has 3 N–H and O–H groups in total. The number of thioether (sulfide) groups is 1. The van der Waals surface area contributed by atoms with Crippen LogP contribution in [0.25, 0.3) is 0 Å². The molecule has 1 spiro atoms. The lowest BCUT2D eigenvalue weighted by molar-refractivity contribution is -0.142. The summed E-state index contributed by atoms with van der Waals surface area (Å²) in [4.78, 5) is 43.3. The van der Waals surface area contributed by atoms with E-state index in [1.165, 1.54) is 0 Å². The number of benzene rings is 2. The lowest BCUT2D eigenvalue weighted by atomic mass is 9.70. The number of anilines is 1. The monoisotopic (exact) mass is 619 g/mol. The van der Waals surface area contributed by atoms with Crippen LogP contribution < -0.4 is 10.6 Å². The summed E-state index contributed by atoms with van der Waals surface area (Å²) >= 11 is 11.7. The molecule has 2 aromatic rings. The van der Waals surface area contributed by atoms with E-state index in [2.05, 4.69) is 26.6 Å². The van der Waals surface area contributed by atoms with Gasteiger partial charge < -0.3 is 20.6 Å². The van der Waals surface area contributed by atoms with E-state index in [4.69, 9.17) is 11.6 Å². The molecular formula is C28H31BrClN3O4S. The summed E-state index contributed by atoms with van der Waals surface area (Å²) in [5, 5.41) is 16.7. The highest BCUT2D eigenvalue weighted by Crippen LogP contribution is 2.68. The minimum absolute atomic E-state index is 0.0220. The number of hydrogen-bond acceptors (Lipinski definition) is 5. The van der Waals surface area contributed by atoms with Crippen molar-refractivity contribution in [1.82, 2.24) is 10.2 Å². The Morgan fingerprint density at radius 3 is 2.58 bits per heavy atom. The summed E-state index contributed by atoms with van der Waals surface area (Å²) < 4.78 is -0.806. The molecule has 2 bridgehead atoms. The van der Waals surface area contributed by atoms with Gasteiger partial charge in [0.25, 0.3) is 0 Å². The van der Waals surface area contributed by atoms with Crippen LogP contribution in [0.3, 0.4) is 0 Å². The Balaban J connectivity index is 1.56. The predicted molar refractivity (Wildman–Crippen MR) is 153 cm³/mol. The Hall–Kier alpha value is -2.07. The summed E-state index contributed by atoms with van der Waals surface area (Å²) in [7, 11) is 0. The Labute approximate surface area is 240 Å². The van der Waals surface area contributed by atoms with Crippen molar-refractivity contribution < 1.29 is 19.5 Å². The van der Waals surface area contributed by atoms with Crippen LogP contribution in [0.4, 0.5) is 5.69 Å². The third-order valence-corrected chi connectivity index (χ3v) is 11.4. The van der Waals surface area contributed by atoms with Crippen LogP contribution in [-0.4, -0.2) is 67.8 Å². The third kappa shape index (κ3) is 4.65. The molecule has 3 unspecified atom stereocenters. The van der Waals surface area contributed by atoms with Gasteiger partial charge in [0.2, 0.25) is 17.7 Å². The second kappa shape index (κ2) is 11.2. The van der Waals surface area contributed by atoms with Crippen LogP contribution in [0.2, 0.25) is 5.02 Å². The van der Waals surface area contributed by atoms with E-state index in [1.54, 1.807) is 40.9 Å². The van der Waals surface area contributed by atoms with E-state index in [0.717, 1.165) is 12.0 Å². The molecule has 0 radical (unpaired) electrons. The number of rotatable bonds is 9. The number of alkyl halides is 1. The zero-order chi connectivity index (χ0) is 27.0. The SMILES string of the molecule is CCCNC(=O)[C@H]1[C@H]2C(=O)N([C@@H](CO)Cc3ccccc3)C(C(=O)Nc3ccccc3Cl)C23CC(Br)[C@@H]1S3. The number of aliphatic hydroxyl groups excluding tert-OH is 1. The fourth-order valence-corrected chi connectivity index (χ4v) is 10.1. The molecule has 2 aromatic carbocycles. The molecule has 0 aromatic heterocycles. The van der Waals surface area contributed by atoms with Crippen molar-refractivity contribution in [3.05, 3.63) is 65.2 Å². The Morgan fingerprint density at radius 2 is 1.89 bits per heavy atom. The van der Waals surface area contributed by atoms with Crippen LogP contribution in [0.15, 0.2) is 54.6 Å². The average Bonchev–Trinajstić information content (AvgIpc) is 3.51. The van der Waals surface area contributed by atoms with Crippen molar-refractivity contribution in [2.75, 3.05) is 18.5 Å². The Morgan fingerprint density at radius 1 is 1.18 bits per heavy atom. The molecule has 3 heterocycles. The fraction of sp³-hybridized carbons (Fsp3) is 0.464. The number of carbonyl (C=O) groups is 3. The van der Waals surface area contributed by atoms with Crippen LogP contribution in [-0.2, 0) is 20.8 Å². The maximum Gasteiger partial charge on any atom is 0.248 e. The number of halogens is 2. The molecule has 3 amide bonds. The second-order valence-electron chi connectivity index (χ2n) is 10.2. The maximum atomic E-state index is 14.3. The first-order valence-electron chi connectivity index (χ1n) is 12.9. The molecule has 10 heteroatoms. The maximum absolute atomic E-state index is 14.3. The quantitative estimate of drug-likeness (QED) is 0.370. The topological polar surface area (TPSA) is 98.7 Å². The lowest BCUT2D eigenvalue weighted by Crippen LogP contribution is -2.55. The Bertz CT molecular complexity index is 1220. The van der Waals surface area contributed by atoms with Gasteiger partial charge in [-0.2, -0.15) is 0 Å². The first-order chi connectivity index (χ1) is 18.3. The van der Waals surface area contributed by atoms with Crippen LogP contribution in [0.1, 0.15) is 25.3 Å². The van der Waals surface area contributed by atoms with Gasteiger partial charge in [0.1, 0.15) is 6.04 Å². The summed E-state index contributed by atoms with van der Waals surface area (Å²) in [5.74, 6) is -1.97. The van der Waals surface area contributed by atoms with Gasteiger partial charge in [-0.25, -0.2) is 0 Å². The molecule has 202 valence electrons. The van der Waals surface area contributed by atoms with Crippen molar-refractivity contribution in [1.29, 1.82) is 0 Å². The zero-order valence-corrected chi connectivity index (χ0v) is 24.1. The van der Waals surface area contributed by atoms with Gasteiger partial charge in [-0.05, 0) is 37.0 Å². The van der Waals surface area contributed by atoms with Gasteiger partial charge in [-0.3, -0.25) is 14.4 Å². The van der Waals surface area contributed by atoms with E-state index in [1.807, 2.05) is 37.3 Å². The van der Waals surface area contributed by atoms with Gasteiger partial charge in [0.05, 0.1) is 39.9 Å².